The third kappa shape index (κ3) is 6.51. The van der Waals surface area contributed by atoms with Crippen molar-refractivity contribution >= 4 is 87.4 Å². The molecule has 0 aliphatic carbocycles. The van der Waals surface area contributed by atoms with Crippen molar-refractivity contribution in [2.75, 3.05) is 9.80 Å². The molecule has 0 amide bonds. The standard InChI is InChI=1S/C60H41N3S/c1-5-18-43(19-6-1)51-29-16-30-54-55-31-17-33-57(60(55)64-59(51)54)62(46-22-9-3-10-23-46)50-27-15-26-49(41-50)61(45-20-7-2-8-21-45)48-37-34-42(35-38-48)44-36-39-53-52-28-13-14-32-56(52)63(58(53)40-44)47-24-11-4-12-25-47/h1-41H. The van der Waals surface area contributed by atoms with Gasteiger partial charge in [0.1, 0.15) is 0 Å². The van der Waals surface area contributed by atoms with E-state index in [1.54, 1.807) is 0 Å². The Bertz CT molecular complexity index is 3600. The number of fused-ring (bicyclic) bond motifs is 6. The Hall–Kier alpha value is -8.18. The molecule has 10 aromatic carbocycles. The van der Waals surface area contributed by atoms with Gasteiger partial charge in [-0.25, -0.2) is 0 Å². The molecule has 0 unspecified atom stereocenters. The summed E-state index contributed by atoms with van der Waals surface area (Å²) in [4.78, 5) is 4.78. The molecule has 0 bridgehead atoms. The summed E-state index contributed by atoms with van der Waals surface area (Å²) >= 11 is 1.88. The largest absolute Gasteiger partial charge is 0.310 e. The van der Waals surface area contributed by atoms with Gasteiger partial charge in [0.05, 0.1) is 21.4 Å². The van der Waals surface area contributed by atoms with Gasteiger partial charge in [0.2, 0.25) is 0 Å². The van der Waals surface area contributed by atoms with E-state index < -0.39 is 0 Å². The van der Waals surface area contributed by atoms with E-state index in [2.05, 4.69) is 263 Å². The van der Waals surface area contributed by atoms with Crippen molar-refractivity contribution in [3.63, 3.8) is 0 Å². The smallest absolute Gasteiger partial charge is 0.0640 e. The lowest BCUT2D eigenvalue weighted by Gasteiger charge is -2.29. The van der Waals surface area contributed by atoms with Crippen LogP contribution in [0.3, 0.4) is 0 Å². The molecule has 64 heavy (non-hydrogen) atoms. The minimum absolute atomic E-state index is 1.07. The van der Waals surface area contributed by atoms with Crippen LogP contribution in [0.25, 0.3) is 69.9 Å². The molecule has 0 atom stereocenters. The van der Waals surface area contributed by atoms with Crippen LogP contribution in [-0.4, -0.2) is 4.57 Å². The van der Waals surface area contributed by atoms with Crippen LogP contribution in [0.1, 0.15) is 0 Å². The molecule has 4 heteroatoms. The maximum absolute atomic E-state index is 2.42. The van der Waals surface area contributed by atoms with Gasteiger partial charge in [-0.05, 0) is 107 Å². The summed E-state index contributed by atoms with van der Waals surface area (Å²) in [6, 6.07) is 89.9. The van der Waals surface area contributed by atoms with Gasteiger partial charge in [0.25, 0.3) is 0 Å². The molecule has 2 heterocycles. The van der Waals surface area contributed by atoms with Gasteiger partial charge in [-0.1, -0.05) is 164 Å². The Morgan fingerprint density at radius 3 is 1.55 bits per heavy atom. The van der Waals surface area contributed by atoms with Crippen molar-refractivity contribution in [2.24, 2.45) is 0 Å². The normalized spacial score (nSPS) is 11.4. The first kappa shape index (κ1) is 37.6. The summed E-state index contributed by atoms with van der Waals surface area (Å²) in [7, 11) is 0. The fraction of sp³-hybridized carbons (Fsp3) is 0. The number of hydrogen-bond donors (Lipinski definition) is 0. The van der Waals surface area contributed by atoms with Crippen molar-refractivity contribution < 1.29 is 0 Å². The number of anilines is 6. The molecule has 302 valence electrons. The molecule has 0 saturated heterocycles. The SMILES string of the molecule is c1ccc(-c2cccc3c2sc2c(N(c4ccccc4)c4cccc(N(c5ccccc5)c5ccc(-c6ccc7c8ccccc8n(-c8ccccc8)c7c6)cc5)c4)cccc23)cc1. The number of aromatic nitrogens is 1. The Kier molecular flexibility index (Phi) is 9.36. The van der Waals surface area contributed by atoms with Crippen LogP contribution in [0.5, 0.6) is 0 Å². The maximum Gasteiger partial charge on any atom is 0.0640 e. The fourth-order valence-electron chi connectivity index (χ4n) is 9.43. The van der Waals surface area contributed by atoms with E-state index in [1.807, 2.05) is 11.3 Å². The third-order valence-corrected chi connectivity index (χ3v) is 13.6. The van der Waals surface area contributed by atoms with Gasteiger partial charge in [0, 0.05) is 60.4 Å². The van der Waals surface area contributed by atoms with Gasteiger partial charge < -0.3 is 14.4 Å². The van der Waals surface area contributed by atoms with Crippen molar-refractivity contribution in [3.05, 3.63) is 249 Å². The number of nitrogens with zero attached hydrogens (tertiary/aromatic N) is 3. The quantitative estimate of drug-likeness (QED) is 0.143. The van der Waals surface area contributed by atoms with Crippen LogP contribution >= 0.6 is 11.3 Å². The first-order valence-electron chi connectivity index (χ1n) is 21.8. The highest BCUT2D eigenvalue weighted by Crippen LogP contribution is 2.48. The molecule has 0 saturated carbocycles. The summed E-state index contributed by atoms with van der Waals surface area (Å²) in [5.74, 6) is 0. The number of para-hydroxylation sites is 4. The van der Waals surface area contributed by atoms with Crippen LogP contribution in [0, 0.1) is 0 Å². The number of benzene rings is 10. The van der Waals surface area contributed by atoms with Crippen molar-refractivity contribution in [1.29, 1.82) is 0 Å². The molecule has 3 nitrogen and oxygen atoms in total. The second kappa shape index (κ2) is 15.9. The first-order valence-corrected chi connectivity index (χ1v) is 22.6. The first-order chi connectivity index (χ1) is 31.8. The predicted octanol–water partition coefficient (Wildman–Crippen LogP) is 17.4. The van der Waals surface area contributed by atoms with E-state index in [0.717, 1.165) is 39.8 Å². The summed E-state index contributed by atoms with van der Waals surface area (Å²) in [6.07, 6.45) is 0. The van der Waals surface area contributed by atoms with Crippen LogP contribution in [0.15, 0.2) is 249 Å². The molecule has 12 aromatic rings. The van der Waals surface area contributed by atoms with E-state index in [4.69, 9.17) is 0 Å². The van der Waals surface area contributed by atoms with E-state index in [9.17, 15) is 0 Å². The highest BCUT2D eigenvalue weighted by Gasteiger charge is 2.21. The Morgan fingerprint density at radius 1 is 0.297 bits per heavy atom. The third-order valence-electron chi connectivity index (χ3n) is 12.4. The molecule has 0 fully saturated rings. The zero-order valence-electron chi connectivity index (χ0n) is 34.9. The second-order valence-electron chi connectivity index (χ2n) is 16.1. The molecule has 0 radical (unpaired) electrons. The minimum Gasteiger partial charge on any atom is -0.310 e. The van der Waals surface area contributed by atoms with Crippen LogP contribution in [0.2, 0.25) is 0 Å². The van der Waals surface area contributed by atoms with Gasteiger partial charge in [0.15, 0.2) is 0 Å². The molecular weight excluding hydrogens is 795 g/mol. The molecule has 2 aromatic heterocycles. The van der Waals surface area contributed by atoms with Gasteiger partial charge in [-0.2, -0.15) is 0 Å². The zero-order chi connectivity index (χ0) is 42.4. The Labute approximate surface area is 376 Å². The minimum atomic E-state index is 1.07. The van der Waals surface area contributed by atoms with E-state index in [0.29, 0.717) is 0 Å². The zero-order valence-corrected chi connectivity index (χ0v) is 35.7. The lowest BCUT2D eigenvalue weighted by atomic mass is 10.0. The molecule has 0 spiro atoms. The average Bonchev–Trinajstić information content (AvgIpc) is 3.92. The summed E-state index contributed by atoms with van der Waals surface area (Å²) in [5.41, 5.74) is 15.0. The summed E-state index contributed by atoms with van der Waals surface area (Å²) < 4.78 is 4.94. The maximum atomic E-state index is 2.42. The average molecular weight is 836 g/mol. The molecular formula is C60H41N3S. The Morgan fingerprint density at radius 2 is 0.812 bits per heavy atom. The fourth-order valence-corrected chi connectivity index (χ4v) is 10.8. The summed E-state index contributed by atoms with van der Waals surface area (Å²) in [6.45, 7) is 0. The lowest BCUT2D eigenvalue weighted by Crippen LogP contribution is -2.13. The van der Waals surface area contributed by atoms with Crippen molar-refractivity contribution in [3.8, 4) is 27.9 Å². The van der Waals surface area contributed by atoms with Gasteiger partial charge >= 0.3 is 0 Å². The lowest BCUT2D eigenvalue weighted by molar-refractivity contribution is 1.18. The van der Waals surface area contributed by atoms with Crippen LogP contribution < -0.4 is 9.80 Å². The second-order valence-corrected chi connectivity index (χ2v) is 17.2. The van der Waals surface area contributed by atoms with Crippen molar-refractivity contribution in [2.45, 2.75) is 0 Å². The van der Waals surface area contributed by atoms with E-state index in [1.165, 1.54) is 64.2 Å². The van der Waals surface area contributed by atoms with E-state index >= 15 is 0 Å². The molecule has 0 aliphatic heterocycles. The topological polar surface area (TPSA) is 11.4 Å². The van der Waals surface area contributed by atoms with Crippen LogP contribution in [-0.2, 0) is 0 Å². The highest BCUT2D eigenvalue weighted by molar-refractivity contribution is 7.27. The molecule has 0 N–H and O–H groups in total. The predicted molar refractivity (Wildman–Crippen MR) is 274 cm³/mol. The van der Waals surface area contributed by atoms with Crippen molar-refractivity contribution in [1.82, 2.24) is 4.57 Å². The number of thiophene rings is 1. The molecule has 12 rings (SSSR count). The number of rotatable bonds is 9. The molecule has 0 aliphatic rings. The van der Waals surface area contributed by atoms with E-state index in [-0.39, 0.29) is 0 Å². The highest BCUT2D eigenvalue weighted by atomic mass is 32.1. The van der Waals surface area contributed by atoms with Crippen LogP contribution in [0.4, 0.5) is 34.1 Å². The monoisotopic (exact) mass is 835 g/mol. The Balaban J connectivity index is 0.966. The number of hydrogen-bond acceptors (Lipinski definition) is 3. The van der Waals surface area contributed by atoms with Gasteiger partial charge in [-0.15, -0.1) is 11.3 Å². The summed E-state index contributed by atoms with van der Waals surface area (Å²) in [5, 5.41) is 5.05. The van der Waals surface area contributed by atoms with Gasteiger partial charge in [-0.3, -0.25) is 0 Å².